The summed E-state index contributed by atoms with van der Waals surface area (Å²) < 4.78 is 0. The number of carbonyl (C=O) groups excluding carboxylic acids is 1. The maximum atomic E-state index is 12.2. The van der Waals surface area contributed by atoms with E-state index in [1.807, 2.05) is 6.92 Å². The van der Waals surface area contributed by atoms with E-state index in [4.69, 9.17) is 5.11 Å². The van der Waals surface area contributed by atoms with E-state index in [1.54, 1.807) is 27.6 Å². The van der Waals surface area contributed by atoms with Gasteiger partial charge in [-0.3, -0.25) is 4.79 Å². The smallest absolute Gasteiger partial charge is 0.317 e. The fraction of sp³-hybridized carbons (Fsp3) is 0.438. The SMILES string of the molecule is Cc1nc(-c2cc3c(s2)CCN(C(=O)NCCCC(=O)O)C3)cs1. The maximum Gasteiger partial charge on any atom is 0.317 e. The van der Waals surface area contributed by atoms with Crippen LogP contribution >= 0.6 is 22.7 Å². The van der Waals surface area contributed by atoms with E-state index in [-0.39, 0.29) is 12.5 Å². The molecule has 1 aliphatic rings. The van der Waals surface area contributed by atoms with Crippen molar-refractivity contribution in [1.29, 1.82) is 0 Å². The molecule has 8 heteroatoms. The minimum atomic E-state index is -0.838. The number of carboxylic acids is 1. The Kier molecular flexibility index (Phi) is 5.15. The zero-order valence-corrected chi connectivity index (χ0v) is 15.0. The lowest BCUT2D eigenvalue weighted by atomic mass is 10.1. The lowest BCUT2D eigenvalue weighted by Crippen LogP contribution is -2.42. The van der Waals surface area contributed by atoms with E-state index < -0.39 is 5.97 Å². The molecule has 6 nitrogen and oxygen atoms in total. The summed E-state index contributed by atoms with van der Waals surface area (Å²) in [5, 5.41) is 14.5. The quantitative estimate of drug-likeness (QED) is 0.798. The van der Waals surface area contributed by atoms with E-state index in [0.29, 0.717) is 26.1 Å². The van der Waals surface area contributed by atoms with Crippen LogP contribution in [0.1, 0.15) is 28.3 Å². The first-order valence-corrected chi connectivity index (χ1v) is 9.51. The number of rotatable bonds is 5. The second-order valence-electron chi connectivity index (χ2n) is 5.71. The number of aliphatic carboxylic acids is 1. The average Bonchev–Trinajstić information content (AvgIpc) is 3.16. The first kappa shape index (κ1) is 16.9. The van der Waals surface area contributed by atoms with Crippen LogP contribution in [0.5, 0.6) is 0 Å². The van der Waals surface area contributed by atoms with Gasteiger partial charge in [-0.2, -0.15) is 0 Å². The number of nitrogens with one attached hydrogen (secondary N) is 1. The first-order chi connectivity index (χ1) is 11.5. The van der Waals surface area contributed by atoms with Crippen molar-refractivity contribution in [3.8, 4) is 10.6 Å². The maximum absolute atomic E-state index is 12.2. The molecule has 1 aliphatic heterocycles. The van der Waals surface area contributed by atoms with Crippen molar-refractivity contribution in [3.05, 3.63) is 26.9 Å². The molecule has 3 rings (SSSR count). The van der Waals surface area contributed by atoms with Gasteiger partial charge in [0.25, 0.3) is 0 Å². The van der Waals surface area contributed by atoms with E-state index in [1.165, 1.54) is 10.4 Å². The summed E-state index contributed by atoms with van der Waals surface area (Å²) in [7, 11) is 0. The molecule has 2 aromatic heterocycles. The van der Waals surface area contributed by atoms with Gasteiger partial charge in [0.1, 0.15) is 0 Å². The summed E-state index contributed by atoms with van der Waals surface area (Å²) >= 11 is 3.40. The second-order valence-corrected chi connectivity index (χ2v) is 7.91. The van der Waals surface area contributed by atoms with Crippen molar-refractivity contribution in [2.45, 2.75) is 32.7 Å². The molecule has 0 aromatic carbocycles. The van der Waals surface area contributed by atoms with Crippen LogP contribution in [0, 0.1) is 6.92 Å². The van der Waals surface area contributed by atoms with Gasteiger partial charge in [-0.05, 0) is 31.4 Å². The Bertz CT molecular complexity index is 754. The molecular formula is C16H19N3O3S2. The van der Waals surface area contributed by atoms with Gasteiger partial charge in [0.05, 0.1) is 15.6 Å². The number of thiophene rings is 1. The fourth-order valence-corrected chi connectivity index (χ4v) is 4.47. The molecule has 0 saturated heterocycles. The van der Waals surface area contributed by atoms with Crippen LogP contribution in [0.3, 0.4) is 0 Å². The van der Waals surface area contributed by atoms with Gasteiger partial charge in [0.15, 0.2) is 0 Å². The van der Waals surface area contributed by atoms with Crippen molar-refractivity contribution in [3.63, 3.8) is 0 Å². The summed E-state index contributed by atoms with van der Waals surface area (Å²) in [5.41, 5.74) is 2.20. The minimum absolute atomic E-state index is 0.0748. The van der Waals surface area contributed by atoms with Crippen LogP contribution in [0.15, 0.2) is 11.4 Å². The van der Waals surface area contributed by atoms with Crippen LogP contribution < -0.4 is 5.32 Å². The molecule has 2 aromatic rings. The highest BCUT2D eigenvalue weighted by molar-refractivity contribution is 7.16. The monoisotopic (exact) mass is 365 g/mol. The number of urea groups is 1. The number of carbonyl (C=O) groups is 2. The number of nitrogens with zero attached hydrogens (tertiary/aromatic N) is 2. The van der Waals surface area contributed by atoms with Gasteiger partial charge >= 0.3 is 12.0 Å². The van der Waals surface area contributed by atoms with Crippen molar-refractivity contribution in [2.75, 3.05) is 13.1 Å². The van der Waals surface area contributed by atoms with Gasteiger partial charge in [-0.1, -0.05) is 0 Å². The topological polar surface area (TPSA) is 82.5 Å². The largest absolute Gasteiger partial charge is 0.481 e. The number of hydrogen-bond donors (Lipinski definition) is 2. The van der Waals surface area contributed by atoms with Crippen LogP contribution in [-0.4, -0.2) is 40.1 Å². The molecule has 24 heavy (non-hydrogen) atoms. The summed E-state index contributed by atoms with van der Waals surface area (Å²) in [6, 6.07) is 2.02. The number of hydrogen-bond acceptors (Lipinski definition) is 5. The van der Waals surface area contributed by atoms with Gasteiger partial charge < -0.3 is 15.3 Å². The lowest BCUT2D eigenvalue weighted by molar-refractivity contribution is -0.137. The van der Waals surface area contributed by atoms with Crippen LogP contribution in [-0.2, 0) is 17.8 Å². The molecule has 2 amide bonds. The third-order valence-electron chi connectivity index (χ3n) is 3.87. The summed E-state index contributed by atoms with van der Waals surface area (Å²) in [5.74, 6) is -0.838. The Balaban J connectivity index is 1.59. The number of aryl methyl sites for hydroxylation is 1. The Morgan fingerprint density at radius 2 is 2.29 bits per heavy atom. The number of aromatic nitrogens is 1. The van der Waals surface area contributed by atoms with Crippen LogP contribution in [0.25, 0.3) is 10.6 Å². The normalized spacial score (nSPS) is 13.6. The van der Waals surface area contributed by atoms with E-state index in [0.717, 1.165) is 22.0 Å². The van der Waals surface area contributed by atoms with E-state index in [2.05, 4.69) is 21.7 Å². The Hall–Kier alpha value is -1.93. The van der Waals surface area contributed by atoms with Crippen molar-refractivity contribution < 1.29 is 14.7 Å². The Labute approximate surface area is 148 Å². The molecule has 0 saturated carbocycles. The highest BCUT2D eigenvalue weighted by Gasteiger charge is 2.23. The highest BCUT2D eigenvalue weighted by atomic mass is 32.1. The molecule has 128 valence electrons. The molecule has 0 atom stereocenters. The molecule has 2 N–H and O–H groups in total. The van der Waals surface area contributed by atoms with Crippen LogP contribution in [0.4, 0.5) is 4.79 Å². The molecule has 0 unspecified atom stereocenters. The Morgan fingerprint density at radius 1 is 1.46 bits per heavy atom. The second kappa shape index (κ2) is 7.31. The third kappa shape index (κ3) is 3.93. The first-order valence-electron chi connectivity index (χ1n) is 7.81. The van der Waals surface area contributed by atoms with Gasteiger partial charge in [0.2, 0.25) is 0 Å². The van der Waals surface area contributed by atoms with Gasteiger partial charge in [0, 0.05) is 36.3 Å². The average molecular weight is 365 g/mol. The summed E-state index contributed by atoms with van der Waals surface area (Å²) in [4.78, 5) is 31.5. The third-order valence-corrected chi connectivity index (χ3v) is 5.90. The summed E-state index contributed by atoms with van der Waals surface area (Å²) in [6.07, 6.45) is 1.38. The van der Waals surface area contributed by atoms with Crippen molar-refractivity contribution in [2.24, 2.45) is 0 Å². The van der Waals surface area contributed by atoms with E-state index >= 15 is 0 Å². The van der Waals surface area contributed by atoms with Gasteiger partial charge in [-0.15, -0.1) is 22.7 Å². The molecule has 0 fully saturated rings. The minimum Gasteiger partial charge on any atom is -0.481 e. The molecular weight excluding hydrogens is 346 g/mol. The zero-order chi connectivity index (χ0) is 17.1. The standard InChI is InChI=1S/C16H19N3O3S2/c1-10-18-12(9-23-10)14-7-11-8-19(6-4-13(11)24-14)16(22)17-5-2-3-15(20)21/h7,9H,2-6,8H2,1H3,(H,17,22)(H,20,21). The summed E-state index contributed by atoms with van der Waals surface area (Å²) in [6.45, 7) is 3.67. The Morgan fingerprint density at radius 3 is 3.00 bits per heavy atom. The number of fused-ring (bicyclic) bond motifs is 1. The fourth-order valence-electron chi connectivity index (χ4n) is 2.66. The number of amides is 2. The molecule has 0 aliphatic carbocycles. The van der Waals surface area contributed by atoms with E-state index in [9.17, 15) is 9.59 Å². The highest BCUT2D eigenvalue weighted by Crippen LogP contribution is 2.35. The molecule has 0 bridgehead atoms. The number of carboxylic acid groups (broad SMARTS) is 1. The predicted octanol–water partition coefficient (Wildman–Crippen LogP) is 3.11. The lowest BCUT2D eigenvalue weighted by Gasteiger charge is -2.27. The molecule has 0 radical (unpaired) electrons. The zero-order valence-electron chi connectivity index (χ0n) is 13.4. The number of thiazole rings is 1. The molecule has 0 spiro atoms. The van der Waals surface area contributed by atoms with Crippen molar-refractivity contribution in [1.82, 2.24) is 15.2 Å². The molecule has 3 heterocycles. The van der Waals surface area contributed by atoms with Crippen molar-refractivity contribution >= 4 is 34.7 Å². The van der Waals surface area contributed by atoms with Gasteiger partial charge in [-0.25, -0.2) is 9.78 Å². The predicted molar refractivity (Wildman–Crippen MR) is 94.5 cm³/mol. The van der Waals surface area contributed by atoms with Crippen LogP contribution in [0.2, 0.25) is 0 Å².